The molecule has 2 atom stereocenters. The zero-order valence-electron chi connectivity index (χ0n) is 28.3. The second kappa shape index (κ2) is 28.0. The number of phosphoric acid groups is 1. The van der Waals surface area contributed by atoms with Crippen LogP contribution >= 0.6 is 7.82 Å². The van der Waals surface area contributed by atoms with Crippen molar-refractivity contribution in [3.63, 3.8) is 0 Å². The van der Waals surface area contributed by atoms with Crippen LogP contribution in [0.3, 0.4) is 0 Å². The van der Waals surface area contributed by atoms with E-state index in [9.17, 15) is 19.0 Å². The molecule has 0 amide bonds. The van der Waals surface area contributed by atoms with Gasteiger partial charge >= 0.3 is 19.8 Å². The molecule has 10 nitrogen and oxygen atoms in total. The number of rotatable bonds is 31. The Bertz CT molecular complexity index is 786. The number of carbonyl (C=O) groups is 2. The van der Waals surface area contributed by atoms with E-state index in [4.69, 9.17) is 23.6 Å². The van der Waals surface area contributed by atoms with E-state index in [0.717, 1.165) is 19.3 Å². The second-order valence-corrected chi connectivity index (χ2v) is 14.1. The van der Waals surface area contributed by atoms with Gasteiger partial charge in [0.05, 0.1) is 34.4 Å². The highest BCUT2D eigenvalue weighted by molar-refractivity contribution is 7.47. The molecule has 0 aromatic rings. The van der Waals surface area contributed by atoms with Crippen LogP contribution in [0.25, 0.3) is 0 Å². The lowest BCUT2D eigenvalue weighted by Crippen LogP contribution is -2.37. The van der Waals surface area contributed by atoms with Crippen LogP contribution in [-0.2, 0) is 32.7 Å². The molecule has 44 heavy (non-hydrogen) atoms. The molecule has 0 spiro atoms. The first kappa shape index (κ1) is 42.7. The number of ether oxygens (including phenoxy) is 2. The number of quaternary nitrogens is 1. The first-order valence-corrected chi connectivity index (χ1v) is 18.5. The van der Waals surface area contributed by atoms with Crippen LogP contribution in [0.4, 0.5) is 0 Å². The number of likely N-dealkylation sites (N-methyl/N-ethyl adjacent to an activating group) is 1. The molecule has 0 heterocycles. The van der Waals surface area contributed by atoms with Crippen LogP contribution in [0.15, 0.2) is 12.2 Å². The standard InChI is InChI=1S/C33H64NO9P/c1-5-6-7-8-9-10-11-12-13-14-15-16-17-18-21-24-32(36)40-29-31(43-33(37)25-22-19-20-23-27-35)30-42-44(38,39)41-28-26-34(2,3)4/h20,23,31,35H,5-19,21-22,24-30H2,1-4H3/p+1/b23-20+/t31-/m1/s1. The van der Waals surface area contributed by atoms with Crippen molar-refractivity contribution in [2.24, 2.45) is 0 Å². The SMILES string of the molecule is CCCCCCCCCCCCCCCCCC(=O)OC[C@H](COP(=O)(O)OCC[N+](C)(C)C)OC(=O)CCC/C=C/CO. The Morgan fingerprint density at radius 2 is 1.25 bits per heavy atom. The normalized spacial score (nSPS) is 14.0. The van der Waals surface area contributed by atoms with Crippen molar-refractivity contribution in [3.05, 3.63) is 12.2 Å². The van der Waals surface area contributed by atoms with Crippen LogP contribution in [0.2, 0.25) is 0 Å². The molecule has 0 fully saturated rings. The minimum atomic E-state index is -4.38. The summed E-state index contributed by atoms with van der Waals surface area (Å²) in [7, 11) is 1.40. The first-order chi connectivity index (χ1) is 21.0. The van der Waals surface area contributed by atoms with Crippen molar-refractivity contribution in [3.8, 4) is 0 Å². The number of phosphoric ester groups is 1. The van der Waals surface area contributed by atoms with Gasteiger partial charge in [0.1, 0.15) is 19.8 Å². The Balaban J connectivity index is 4.28. The molecule has 0 radical (unpaired) electrons. The van der Waals surface area contributed by atoms with Gasteiger partial charge in [-0.15, -0.1) is 0 Å². The second-order valence-electron chi connectivity index (χ2n) is 12.7. The fourth-order valence-corrected chi connectivity index (χ4v) is 5.20. The third-order valence-corrected chi connectivity index (χ3v) is 8.16. The van der Waals surface area contributed by atoms with Crippen molar-refractivity contribution < 1.29 is 47.2 Å². The van der Waals surface area contributed by atoms with Gasteiger partial charge in [-0.2, -0.15) is 0 Å². The molecular formula is C33H65NO9P+. The summed E-state index contributed by atoms with van der Waals surface area (Å²) in [6.07, 6.45) is 22.4. The Kier molecular flexibility index (Phi) is 27.2. The van der Waals surface area contributed by atoms with Crippen LogP contribution < -0.4 is 0 Å². The van der Waals surface area contributed by atoms with Gasteiger partial charge < -0.3 is 24.0 Å². The fraction of sp³-hybridized carbons (Fsp3) is 0.879. The molecule has 0 aliphatic rings. The fourth-order valence-electron chi connectivity index (χ4n) is 4.46. The van der Waals surface area contributed by atoms with E-state index in [1.54, 1.807) is 12.2 Å². The van der Waals surface area contributed by atoms with Crippen molar-refractivity contribution in [2.75, 3.05) is 54.1 Å². The Labute approximate surface area is 268 Å². The average molecular weight is 651 g/mol. The summed E-state index contributed by atoms with van der Waals surface area (Å²) in [5.41, 5.74) is 0. The summed E-state index contributed by atoms with van der Waals surface area (Å²) in [4.78, 5) is 34.6. The molecule has 2 N–H and O–H groups in total. The number of hydrogen-bond donors (Lipinski definition) is 2. The number of esters is 2. The van der Waals surface area contributed by atoms with Gasteiger partial charge in [0.15, 0.2) is 6.10 Å². The molecule has 0 aliphatic heterocycles. The Morgan fingerprint density at radius 3 is 1.77 bits per heavy atom. The highest BCUT2D eigenvalue weighted by atomic mass is 31.2. The first-order valence-electron chi connectivity index (χ1n) is 17.0. The summed E-state index contributed by atoms with van der Waals surface area (Å²) in [5.74, 6) is -0.936. The smallest absolute Gasteiger partial charge is 0.462 e. The van der Waals surface area contributed by atoms with Crippen LogP contribution in [-0.4, -0.2) is 86.6 Å². The zero-order chi connectivity index (χ0) is 32.9. The topological polar surface area (TPSA) is 129 Å². The molecule has 1 unspecified atom stereocenters. The molecule has 0 saturated carbocycles. The van der Waals surface area contributed by atoms with Gasteiger partial charge in [-0.05, 0) is 19.3 Å². The van der Waals surface area contributed by atoms with E-state index >= 15 is 0 Å². The van der Waals surface area contributed by atoms with Gasteiger partial charge in [0.25, 0.3) is 0 Å². The van der Waals surface area contributed by atoms with E-state index in [-0.39, 0.29) is 32.7 Å². The van der Waals surface area contributed by atoms with Crippen LogP contribution in [0.5, 0.6) is 0 Å². The third kappa shape index (κ3) is 30.7. The number of allylic oxidation sites excluding steroid dienone is 1. The molecule has 0 saturated heterocycles. The lowest BCUT2D eigenvalue weighted by molar-refractivity contribution is -0.870. The maximum atomic E-state index is 12.3. The highest BCUT2D eigenvalue weighted by Gasteiger charge is 2.27. The lowest BCUT2D eigenvalue weighted by atomic mass is 10.0. The van der Waals surface area contributed by atoms with Crippen molar-refractivity contribution in [2.45, 2.75) is 135 Å². The molecule has 0 aromatic carbocycles. The average Bonchev–Trinajstić information content (AvgIpc) is 2.95. The Morgan fingerprint density at radius 1 is 0.727 bits per heavy atom. The summed E-state index contributed by atoms with van der Waals surface area (Å²) in [5, 5.41) is 8.79. The zero-order valence-corrected chi connectivity index (χ0v) is 29.2. The predicted molar refractivity (Wildman–Crippen MR) is 175 cm³/mol. The number of hydrogen-bond acceptors (Lipinski definition) is 8. The molecular weight excluding hydrogens is 585 g/mol. The quantitative estimate of drug-likeness (QED) is 0.0262. The Hall–Kier alpha value is -1.29. The summed E-state index contributed by atoms with van der Waals surface area (Å²) in [6.45, 7) is 1.98. The molecule has 260 valence electrons. The van der Waals surface area contributed by atoms with Gasteiger partial charge in [-0.1, -0.05) is 109 Å². The lowest BCUT2D eigenvalue weighted by Gasteiger charge is -2.24. The molecule has 0 aliphatic carbocycles. The van der Waals surface area contributed by atoms with Crippen molar-refractivity contribution >= 4 is 19.8 Å². The maximum Gasteiger partial charge on any atom is 0.472 e. The molecule has 0 rings (SSSR count). The van der Waals surface area contributed by atoms with Crippen LogP contribution in [0.1, 0.15) is 129 Å². The van der Waals surface area contributed by atoms with Gasteiger partial charge in [0, 0.05) is 12.8 Å². The van der Waals surface area contributed by atoms with E-state index in [1.165, 1.54) is 77.0 Å². The minimum Gasteiger partial charge on any atom is -0.462 e. The van der Waals surface area contributed by atoms with Crippen molar-refractivity contribution in [1.82, 2.24) is 0 Å². The number of carbonyl (C=O) groups excluding carboxylic acids is 2. The number of aliphatic hydroxyl groups excluding tert-OH is 1. The van der Waals surface area contributed by atoms with E-state index in [1.807, 2.05) is 21.1 Å². The molecule has 0 aromatic heterocycles. The monoisotopic (exact) mass is 650 g/mol. The van der Waals surface area contributed by atoms with Gasteiger partial charge in [0.2, 0.25) is 0 Å². The van der Waals surface area contributed by atoms with E-state index < -0.39 is 32.5 Å². The van der Waals surface area contributed by atoms with E-state index in [2.05, 4.69) is 6.92 Å². The largest absolute Gasteiger partial charge is 0.472 e. The molecule has 0 bridgehead atoms. The predicted octanol–water partition coefficient (Wildman–Crippen LogP) is 7.26. The van der Waals surface area contributed by atoms with Crippen LogP contribution in [0, 0.1) is 0 Å². The van der Waals surface area contributed by atoms with Gasteiger partial charge in [-0.3, -0.25) is 18.6 Å². The number of nitrogens with zero attached hydrogens (tertiary/aromatic N) is 1. The summed E-state index contributed by atoms with van der Waals surface area (Å²) >= 11 is 0. The highest BCUT2D eigenvalue weighted by Crippen LogP contribution is 2.43. The maximum absolute atomic E-state index is 12.3. The third-order valence-electron chi connectivity index (χ3n) is 7.18. The summed E-state index contributed by atoms with van der Waals surface area (Å²) < 4.78 is 33.6. The number of unbranched alkanes of at least 4 members (excludes halogenated alkanes) is 15. The molecule has 11 heteroatoms. The van der Waals surface area contributed by atoms with Gasteiger partial charge in [-0.25, -0.2) is 4.57 Å². The van der Waals surface area contributed by atoms with E-state index in [0.29, 0.717) is 23.9 Å². The number of aliphatic hydroxyl groups is 1. The summed E-state index contributed by atoms with van der Waals surface area (Å²) in [6, 6.07) is 0. The minimum absolute atomic E-state index is 0.0112. The van der Waals surface area contributed by atoms with Crippen molar-refractivity contribution in [1.29, 1.82) is 0 Å².